The number of amides is 1. The maximum absolute atomic E-state index is 11.9. The van der Waals surface area contributed by atoms with Crippen LogP contribution < -0.4 is 34.9 Å². The molecule has 0 spiro atoms. The Labute approximate surface area is 182 Å². The molecule has 0 aliphatic rings. The molecule has 0 saturated heterocycles. The van der Waals surface area contributed by atoms with Crippen LogP contribution in [0.25, 0.3) is 0 Å². The molecule has 0 aromatic carbocycles. The topological polar surface area (TPSA) is 86.3 Å². The van der Waals surface area contributed by atoms with Crippen molar-refractivity contribution in [2.45, 2.75) is 24.9 Å². The van der Waals surface area contributed by atoms with Gasteiger partial charge in [0.2, 0.25) is 5.91 Å². The molecule has 1 N–H and O–H groups in total. The molecule has 0 saturated carbocycles. The van der Waals surface area contributed by atoms with E-state index in [1.165, 1.54) is 11.8 Å². The average Bonchev–Trinajstić information content (AvgIpc) is 2.41. The van der Waals surface area contributed by atoms with Crippen molar-refractivity contribution in [3.8, 4) is 0 Å². The van der Waals surface area contributed by atoms with E-state index in [0.717, 1.165) is 17.5 Å². The van der Waals surface area contributed by atoms with Gasteiger partial charge in [-0.3, -0.25) is 4.79 Å². The monoisotopic (exact) mass is 445 g/mol. The number of carbonyl (C=O) groups excluding carboxylic acids is 1. The first-order chi connectivity index (χ1) is 10.2. The largest absolute Gasteiger partial charge is 1.00 e. The van der Waals surface area contributed by atoms with Crippen molar-refractivity contribution in [3.05, 3.63) is 0 Å². The molecule has 23 heavy (non-hydrogen) atoms. The average molecular weight is 446 g/mol. The van der Waals surface area contributed by atoms with E-state index in [1.54, 1.807) is 28.5 Å². The number of carbonyl (C=O) groups is 1. The summed E-state index contributed by atoms with van der Waals surface area (Å²) in [6, 6.07) is 0. The van der Waals surface area contributed by atoms with Crippen LogP contribution in [-0.4, -0.2) is 51.3 Å². The molecule has 0 fully saturated rings. The van der Waals surface area contributed by atoms with Crippen LogP contribution in [0.3, 0.4) is 0 Å². The van der Waals surface area contributed by atoms with E-state index in [2.05, 4.69) is 5.32 Å². The van der Waals surface area contributed by atoms with Crippen LogP contribution in [0, 0.1) is 5.92 Å². The van der Waals surface area contributed by atoms with Crippen molar-refractivity contribution in [3.63, 3.8) is 0 Å². The predicted octanol–water partition coefficient (Wildman–Crippen LogP) is -0.213. The first-order valence-corrected chi connectivity index (χ1v) is 12.9. The van der Waals surface area contributed by atoms with Crippen LogP contribution >= 0.6 is 57.3 Å². The second kappa shape index (κ2) is 15.0. The summed E-state index contributed by atoms with van der Waals surface area (Å²) in [5.74, 6) is 0.676. The summed E-state index contributed by atoms with van der Waals surface area (Å²) >= 11 is 7.21. The van der Waals surface area contributed by atoms with Crippen LogP contribution in [-0.2, 0) is 14.9 Å². The molecule has 0 bridgehead atoms. The Morgan fingerprint density at radius 1 is 1.39 bits per heavy atom. The van der Waals surface area contributed by atoms with Gasteiger partial charge in [-0.2, -0.15) is 0 Å². The third-order valence-electron chi connectivity index (χ3n) is 2.41. The van der Waals surface area contributed by atoms with Gasteiger partial charge in [0.15, 0.2) is 0 Å². The fraction of sp³-hybridized carbons (Fsp3) is 0.818. The van der Waals surface area contributed by atoms with Gasteiger partial charge < -0.3 is 9.87 Å². The van der Waals surface area contributed by atoms with Gasteiger partial charge in [0.05, 0.1) is 0 Å². The van der Waals surface area contributed by atoms with E-state index in [0.29, 0.717) is 15.8 Å². The molecule has 0 aromatic rings. The van der Waals surface area contributed by atoms with Gasteiger partial charge in [0.1, 0.15) is 18.2 Å². The van der Waals surface area contributed by atoms with Gasteiger partial charge in [-0.15, -0.1) is 11.8 Å². The molecule has 1 amide bonds. The Hall–Kier alpha value is 1.87. The number of rotatable bonds is 10. The summed E-state index contributed by atoms with van der Waals surface area (Å²) in [5, 5.41) is 2.74. The fourth-order valence-corrected chi connectivity index (χ4v) is 6.62. The Balaban J connectivity index is 0. The normalized spacial score (nSPS) is 13.7. The summed E-state index contributed by atoms with van der Waals surface area (Å²) in [7, 11) is -1.27. The molecule has 0 aliphatic carbocycles. The van der Waals surface area contributed by atoms with Gasteiger partial charge in [-0.05, 0) is 18.4 Å². The third kappa shape index (κ3) is 13.7. The smallest absolute Gasteiger partial charge is 0.747 e. The summed E-state index contributed by atoms with van der Waals surface area (Å²) in [6.07, 6.45) is 1.91. The SMILES string of the molecule is CCSC(=S)SC(CC(C)C(=O)NCCSSC)S(=O)(=O)[O-].[Na+]. The Kier molecular flexibility index (Phi) is 17.6. The molecule has 0 aliphatic heterocycles. The minimum absolute atomic E-state index is 0. The van der Waals surface area contributed by atoms with Crippen LogP contribution in [0.1, 0.15) is 20.3 Å². The van der Waals surface area contributed by atoms with Gasteiger partial charge in [-0.25, -0.2) is 8.42 Å². The minimum Gasteiger partial charge on any atom is -0.747 e. The summed E-state index contributed by atoms with van der Waals surface area (Å²) < 4.78 is 33.2. The minimum atomic E-state index is -4.51. The van der Waals surface area contributed by atoms with E-state index < -0.39 is 20.6 Å². The number of thiocarbonyl (C=S) groups is 1. The first-order valence-electron chi connectivity index (χ1n) is 6.43. The molecular formula is C11H20NNaO4S6. The van der Waals surface area contributed by atoms with E-state index in [1.807, 2.05) is 13.2 Å². The zero-order chi connectivity index (χ0) is 17.2. The molecular weight excluding hydrogens is 426 g/mol. The van der Waals surface area contributed by atoms with Crippen LogP contribution in [0.15, 0.2) is 0 Å². The van der Waals surface area contributed by atoms with Crippen molar-refractivity contribution >= 4 is 76.9 Å². The standard InChI is InChI=1S/C11H21NO4S6.Na/c1-4-19-11(17)21-9(22(14,15)16)7-8(2)10(13)12-5-6-20-18-3;/h8-9H,4-7H2,1-3H3,(H,12,13)(H,14,15,16);/q;+1/p-1. The second-order valence-electron chi connectivity index (χ2n) is 4.14. The summed E-state index contributed by atoms with van der Waals surface area (Å²) in [4.78, 5) is 11.9. The zero-order valence-electron chi connectivity index (χ0n) is 13.6. The summed E-state index contributed by atoms with van der Waals surface area (Å²) in [6.45, 7) is 4.02. The molecule has 12 heteroatoms. The molecule has 0 rings (SSSR count). The summed E-state index contributed by atoms with van der Waals surface area (Å²) in [5.41, 5.74) is 0. The van der Waals surface area contributed by atoms with Crippen molar-refractivity contribution in [2.24, 2.45) is 5.92 Å². The molecule has 0 radical (unpaired) electrons. The van der Waals surface area contributed by atoms with Crippen molar-refractivity contribution in [2.75, 3.05) is 24.3 Å². The fourth-order valence-electron chi connectivity index (χ4n) is 1.35. The van der Waals surface area contributed by atoms with Gasteiger partial charge in [-0.1, -0.05) is 59.4 Å². The zero-order valence-corrected chi connectivity index (χ0v) is 20.5. The number of hydrogen-bond acceptors (Lipinski definition) is 9. The van der Waals surface area contributed by atoms with Crippen molar-refractivity contribution < 1.29 is 47.3 Å². The maximum atomic E-state index is 11.9. The molecule has 130 valence electrons. The molecule has 5 nitrogen and oxygen atoms in total. The Bertz CT molecular complexity index is 461. The third-order valence-corrected chi connectivity index (χ3v) is 8.51. The quantitative estimate of drug-likeness (QED) is 0.161. The second-order valence-corrected chi connectivity index (χ2v) is 12.3. The molecule has 0 heterocycles. The number of hydrogen-bond donors (Lipinski definition) is 1. The molecule has 2 atom stereocenters. The first kappa shape index (κ1) is 27.1. The number of nitrogens with one attached hydrogen (secondary N) is 1. The maximum Gasteiger partial charge on any atom is 1.00 e. The molecule has 0 aromatic heterocycles. The van der Waals surface area contributed by atoms with E-state index in [-0.39, 0.29) is 41.9 Å². The van der Waals surface area contributed by atoms with Gasteiger partial charge in [0.25, 0.3) is 0 Å². The molecule has 2 unspecified atom stereocenters. The van der Waals surface area contributed by atoms with E-state index in [4.69, 9.17) is 12.2 Å². The Morgan fingerprint density at radius 3 is 2.48 bits per heavy atom. The van der Waals surface area contributed by atoms with Crippen LogP contribution in [0.5, 0.6) is 0 Å². The number of thioether (sulfide) groups is 2. The van der Waals surface area contributed by atoms with Crippen molar-refractivity contribution in [1.82, 2.24) is 5.32 Å². The van der Waals surface area contributed by atoms with Crippen LogP contribution in [0.2, 0.25) is 0 Å². The Morgan fingerprint density at radius 2 is 2.00 bits per heavy atom. The van der Waals surface area contributed by atoms with Gasteiger partial charge in [0, 0.05) is 18.2 Å². The van der Waals surface area contributed by atoms with Gasteiger partial charge >= 0.3 is 29.6 Å². The van der Waals surface area contributed by atoms with E-state index >= 15 is 0 Å². The van der Waals surface area contributed by atoms with E-state index in [9.17, 15) is 17.8 Å². The van der Waals surface area contributed by atoms with Crippen molar-refractivity contribution in [1.29, 1.82) is 0 Å². The predicted molar refractivity (Wildman–Crippen MR) is 105 cm³/mol. The van der Waals surface area contributed by atoms with Crippen LogP contribution in [0.4, 0.5) is 0 Å².